The van der Waals surface area contributed by atoms with E-state index in [1.807, 2.05) is 35.8 Å². The molecule has 9 nitrogen and oxygen atoms in total. The van der Waals surface area contributed by atoms with Gasteiger partial charge >= 0.3 is 0 Å². The van der Waals surface area contributed by atoms with Crippen molar-refractivity contribution in [2.45, 2.75) is 58.5 Å². The summed E-state index contributed by atoms with van der Waals surface area (Å²) >= 11 is 0. The van der Waals surface area contributed by atoms with Crippen molar-refractivity contribution in [1.82, 2.24) is 44.5 Å². The number of benzene rings is 1. The highest BCUT2D eigenvalue weighted by atomic mass is 15.5. The summed E-state index contributed by atoms with van der Waals surface area (Å²) in [4.78, 5) is 18.3. The summed E-state index contributed by atoms with van der Waals surface area (Å²) in [5.74, 6) is 1.53. The lowest BCUT2D eigenvalue weighted by Crippen LogP contribution is -2.47. The van der Waals surface area contributed by atoms with Crippen molar-refractivity contribution in [2.75, 3.05) is 6.54 Å². The summed E-state index contributed by atoms with van der Waals surface area (Å²) in [7, 11) is 0. The fraction of sp³-hybridized carbons (Fsp3) is 0.333. The van der Waals surface area contributed by atoms with E-state index in [2.05, 4.69) is 57.3 Å². The Morgan fingerprint density at radius 3 is 2.48 bits per heavy atom. The molecule has 42 heavy (non-hydrogen) atoms. The van der Waals surface area contributed by atoms with Crippen LogP contribution in [0.1, 0.15) is 49.6 Å². The largest absolute Gasteiger partial charge is 0.296 e. The molecule has 3 aliphatic rings. The van der Waals surface area contributed by atoms with Gasteiger partial charge in [0.1, 0.15) is 0 Å². The fourth-order valence-electron chi connectivity index (χ4n) is 6.84. The van der Waals surface area contributed by atoms with E-state index in [1.165, 1.54) is 48.2 Å². The molecule has 2 aliphatic heterocycles. The molecule has 210 valence electrons. The number of rotatable bonds is 6. The number of nitrogens with zero attached hydrogens (tertiary/aromatic N) is 9. The Kier molecular flexibility index (Phi) is 6.06. The Hall–Kier alpha value is -4.50. The lowest BCUT2D eigenvalue weighted by Gasteiger charge is -2.45. The van der Waals surface area contributed by atoms with E-state index < -0.39 is 0 Å². The quantitative estimate of drug-likeness (QED) is 0.255. The molecule has 7 heterocycles. The molecule has 0 radical (unpaired) electrons. The Balaban J connectivity index is 1.12. The van der Waals surface area contributed by atoms with Crippen LogP contribution in [0.3, 0.4) is 0 Å². The first kappa shape index (κ1) is 25.2. The van der Waals surface area contributed by atoms with Gasteiger partial charge in [-0.15, -0.1) is 4.80 Å². The van der Waals surface area contributed by atoms with Crippen LogP contribution in [0.5, 0.6) is 0 Å². The molecule has 0 amide bonds. The first-order chi connectivity index (χ1) is 20.6. The smallest absolute Gasteiger partial charge is 0.176 e. The van der Waals surface area contributed by atoms with Crippen LogP contribution in [-0.4, -0.2) is 57.0 Å². The summed E-state index contributed by atoms with van der Waals surface area (Å²) < 4.78 is 1.95. The van der Waals surface area contributed by atoms with Gasteiger partial charge in [-0.25, -0.2) is 19.5 Å². The van der Waals surface area contributed by atoms with E-state index in [-0.39, 0.29) is 0 Å². The van der Waals surface area contributed by atoms with Crippen LogP contribution in [0.4, 0.5) is 0 Å². The normalized spacial score (nSPS) is 18.8. The zero-order valence-corrected chi connectivity index (χ0v) is 24.0. The summed E-state index contributed by atoms with van der Waals surface area (Å²) in [5, 5.41) is 14.7. The van der Waals surface area contributed by atoms with Crippen LogP contribution >= 0.6 is 0 Å². The highest BCUT2D eigenvalue weighted by Gasteiger charge is 2.33. The number of pyridine rings is 2. The topological polar surface area (TPSA) is 89.9 Å². The van der Waals surface area contributed by atoms with E-state index >= 15 is 0 Å². The van der Waals surface area contributed by atoms with Gasteiger partial charge in [0.25, 0.3) is 0 Å². The van der Waals surface area contributed by atoms with Gasteiger partial charge in [-0.2, -0.15) is 15.3 Å². The Morgan fingerprint density at radius 2 is 1.74 bits per heavy atom. The third-order valence-corrected chi connectivity index (χ3v) is 9.06. The van der Waals surface area contributed by atoms with Gasteiger partial charge in [-0.05, 0) is 80.3 Å². The van der Waals surface area contributed by atoms with Crippen molar-refractivity contribution < 1.29 is 0 Å². The van der Waals surface area contributed by atoms with Gasteiger partial charge in [0.2, 0.25) is 0 Å². The van der Waals surface area contributed by atoms with E-state index in [1.54, 1.807) is 12.4 Å². The number of hydrogen-bond donors (Lipinski definition) is 0. The van der Waals surface area contributed by atoms with Gasteiger partial charge in [-0.3, -0.25) is 4.90 Å². The van der Waals surface area contributed by atoms with Crippen LogP contribution < -0.4 is 0 Å². The summed E-state index contributed by atoms with van der Waals surface area (Å²) in [5.41, 5.74) is 8.92. The Labute approximate surface area is 244 Å². The third-order valence-electron chi connectivity index (χ3n) is 9.06. The second kappa shape index (κ2) is 10.1. The highest BCUT2D eigenvalue weighted by molar-refractivity contribution is 5.92. The standard InChI is InChI=1S/C33H33N9/c1-3-29-28(24-8-4-22(5-9-24)19-40-20-23-6-10-25(40)11-7-23)16-32-35-18-30(41(32)39-29)26-14-15-34-33-27(26)12-13-31(37-33)42-36-17-21(2)38-42/h4-5,8-9,12-18,23,25H,3,6-7,10-11,19-20H2,1-2H3. The number of fused-ring (bicyclic) bond motifs is 5. The molecule has 1 aliphatic carbocycles. The van der Waals surface area contributed by atoms with Crippen molar-refractivity contribution in [1.29, 1.82) is 0 Å². The van der Waals surface area contributed by atoms with Crippen molar-refractivity contribution >= 4 is 16.7 Å². The molecule has 0 atom stereocenters. The highest BCUT2D eigenvalue weighted by Crippen LogP contribution is 2.36. The lowest BCUT2D eigenvalue weighted by molar-refractivity contribution is 0.0426. The molecular formula is C33H33N9. The average Bonchev–Trinajstić information content (AvgIpc) is 3.66. The molecule has 0 unspecified atom stereocenters. The number of hydrogen-bond acceptors (Lipinski definition) is 7. The number of piperidine rings is 2. The van der Waals surface area contributed by atoms with Crippen molar-refractivity contribution in [3.63, 3.8) is 0 Å². The maximum Gasteiger partial charge on any atom is 0.176 e. The van der Waals surface area contributed by atoms with Crippen LogP contribution in [0.25, 0.3) is 44.9 Å². The van der Waals surface area contributed by atoms with Gasteiger partial charge in [0.15, 0.2) is 17.1 Å². The molecule has 1 aromatic carbocycles. The molecule has 0 spiro atoms. The maximum absolute atomic E-state index is 5.10. The number of imidazole rings is 1. The minimum atomic E-state index is 0.625. The van der Waals surface area contributed by atoms with E-state index in [0.29, 0.717) is 11.5 Å². The van der Waals surface area contributed by atoms with Crippen LogP contribution in [-0.2, 0) is 13.0 Å². The van der Waals surface area contributed by atoms with Crippen LogP contribution in [0.15, 0.2) is 67.1 Å². The molecular weight excluding hydrogens is 522 g/mol. The van der Waals surface area contributed by atoms with Crippen molar-refractivity contribution in [3.8, 4) is 28.2 Å². The minimum Gasteiger partial charge on any atom is -0.296 e. The Morgan fingerprint density at radius 1 is 0.881 bits per heavy atom. The van der Waals surface area contributed by atoms with Gasteiger partial charge in [-0.1, -0.05) is 31.2 Å². The molecule has 2 bridgehead atoms. The summed E-state index contributed by atoms with van der Waals surface area (Å²) in [6, 6.07) is 18.0. The van der Waals surface area contributed by atoms with Crippen LogP contribution in [0.2, 0.25) is 0 Å². The monoisotopic (exact) mass is 555 g/mol. The second-order valence-electron chi connectivity index (χ2n) is 11.7. The predicted molar refractivity (Wildman–Crippen MR) is 162 cm³/mol. The van der Waals surface area contributed by atoms with Gasteiger partial charge in [0, 0.05) is 41.8 Å². The summed E-state index contributed by atoms with van der Waals surface area (Å²) in [6.07, 6.45) is 11.8. The SMILES string of the molecule is CCc1nn2c(-c3ccnc4nc(-n5ncc(C)n5)ccc34)cnc2cc1-c1ccc(CN2CC3CCC2CC3)cc1. The molecule has 9 rings (SSSR count). The minimum absolute atomic E-state index is 0.625. The zero-order valence-electron chi connectivity index (χ0n) is 24.0. The molecule has 0 N–H and O–H groups in total. The van der Waals surface area contributed by atoms with Gasteiger partial charge in [0.05, 0.1) is 29.5 Å². The summed E-state index contributed by atoms with van der Waals surface area (Å²) in [6.45, 7) is 6.38. The van der Waals surface area contributed by atoms with E-state index in [4.69, 9.17) is 15.1 Å². The molecule has 2 saturated heterocycles. The first-order valence-corrected chi connectivity index (χ1v) is 15.0. The lowest BCUT2D eigenvalue weighted by atomic mass is 9.80. The maximum atomic E-state index is 5.10. The number of aromatic nitrogens is 8. The zero-order chi connectivity index (χ0) is 28.2. The molecule has 6 aromatic rings. The first-order valence-electron chi connectivity index (χ1n) is 15.0. The number of aryl methyl sites for hydroxylation is 2. The molecule has 5 aromatic heterocycles. The third kappa shape index (κ3) is 4.36. The van der Waals surface area contributed by atoms with Crippen molar-refractivity contribution in [2.24, 2.45) is 5.92 Å². The Bertz CT molecular complexity index is 1910. The fourth-order valence-corrected chi connectivity index (χ4v) is 6.84. The predicted octanol–water partition coefficient (Wildman–Crippen LogP) is 5.83. The van der Waals surface area contributed by atoms with Crippen LogP contribution in [0, 0.1) is 12.8 Å². The van der Waals surface area contributed by atoms with E-state index in [0.717, 1.165) is 64.2 Å². The van der Waals surface area contributed by atoms with E-state index in [9.17, 15) is 0 Å². The van der Waals surface area contributed by atoms with Crippen molar-refractivity contribution in [3.05, 3.63) is 84.1 Å². The van der Waals surface area contributed by atoms with Gasteiger partial charge < -0.3 is 0 Å². The molecule has 3 fully saturated rings. The average molecular weight is 556 g/mol. The second-order valence-corrected chi connectivity index (χ2v) is 11.7. The molecule has 9 heteroatoms. The molecule has 1 saturated carbocycles.